The number of para-hydroxylation sites is 1. The summed E-state index contributed by atoms with van der Waals surface area (Å²) in [4.78, 5) is 5.57. The van der Waals surface area contributed by atoms with Gasteiger partial charge in [0.15, 0.2) is 0 Å². The Morgan fingerprint density at radius 2 is 1.53 bits per heavy atom. The summed E-state index contributed by atoms with van der Waals surface area (Å²) in [7, 11) is 0. The second-order valence-electron chi connectivity index (χ2n) is 11.9. The molecule has 4 nitrogen and oxygen atoms in total. The molecule has 2 aromatic heterocycles. The third kappa shape index (κ3) is 3.66. The largest absolute Gasteiger partial charge is 0.440 e. The van der Waals surface area contributed by atoms with Crippen LogP contribution >= 0.6 is 0 Å². The summed E-state index contributed by atoms with van der Waals surface area (Å²) < 4.78 is 9.04. The molecule has 0 amide bonds. The van der Waals surface area contributed by atoms with Gasteiger partial charge in [0, 0.05) is 21.6 Å². The third-order valence-corrected chi connectivity index (χ3v) is 9.16. The summed E-state index contributed by atoms with van der Waals surface area (Å²) in [6, 6.07) is 38.8. The van der Waals surface area contributed by atoms with Crippen LogP contribution in [-0.2, 0) is 0 Å². The first-order valence-electron chi connectivity index (χ1n) is 14.9. The van der Waals surface area contributed by atoms with E-state index < -0.39 is 0 Å². The number of allylic oxidation sites excluding steroid dienone is 4. The van der Waals surface area contributed by atoms with E-state index in [1.807, 2.05) is 6.07 Å². The van der Waals surface area contributed by atoms with Gasteiger partial charge in [0.05, 0.1) is 22.3 Å². The minimum absolute atomic E-state index is 0.274. The van der Waals surface area contributed by atoms with Crippen LogP contribution in [0.4, 0.5) is 5.88 Å². The Balaban J connectivity index is 1.29. The van der Waals surface area contributed by atoms with E-state index in [0.29, 0.717) is 0 Å². The average Bonchev–Trinajstić information content (AvgIpc) is 3.58. The minimum Gasteiger partial charge on any atom is -0.440 e. The number of nitrogens with zero attached hydrogens (tertiary/aromatic N) is 2. The molecule has 4 heteroatoms. The van der Waals surface area contributed by atoms with Gasteiger partial charge in [0.1, 0.15) is 5.58 Å². The second-order valence-corrected chi connectivity index (χ2v) is 11.9. The normalized spacial score (nSPS) is 19.7. The zero-order chi connectivity index (χ0) is 28.5. The molecule has 0 saturated carbocycles. The predicted molar refractivity (Wildman–Crippen MR) is 179 cm³/mol. The van der Waals surface area contributed by atoms with Gasteiger partial charge in [-0.3, -0.25) is 0 Å². The highest BCUT2D eigenvalue weighted by molar-refractivity contribution is 6.19. The summed E-state index contributed by atoms with van der Waals surface area (Å²) in [5.41, 5.74) is 7.28. The number of hydrogen-bond donors (Lipinski definition) is 1. The van der Waals surface area contributed by atoms with Crippen LogP contribution in [0.3, 0.4) is 0 Å². The molecule has 3 heterocycles. The van der Waals surface area contributed by atoms with E-state index >= 15 is 0 Å². The van der Waals surface area contributed by atoms with Crippen LogP contribution < -0.4 is 5.32 Å². The van der Waals surface area contributed by atoms with Crippen LogP contribution in [0.1, 0.15) is 25.2 Å². The highest BCUT2D eigenvalue weighted by atomic mass is 16.4. The summed E-state index contributed by atoms with van der Waals surface area (Å²) >= 11 is 0. The summed E-state index contributed by atoms with van der Waals surface area (Å²) in [5, 5.41) is 9.70. The molecule has 2 aliphatic rings. The fourth-order valence-corrected chi connectivity index (χ4v) is 6.99. The van der Waals surface area contributed by atoms with Crippen molar-refractivity contribution in [1.82, 2.24) is 4.57 Å². The molecule has 0 fully saturated rings. The van der Waals surface area contributed by atoms with Crippen molar-refractivity contribution >= 4 is 55.1 Å². The standard InChI is InChI=1S/C39H29N3O/c1-39(20-10-3-11-21-39)36-35-30-19-18-28(25-12-4-2-5-13-25)24-34(30)43-37(35)41-38(40-36)42-32-17-9-8-16-29(32)31-22-26-14-6-7-15-27(26)23-33(31)42/h2-20,22-24,38,41H,21H2,1H3. The van der Waals surface area contributed by atoms with E-state index in [4.69, 9.17) is 9.41 Å². The number of rotatable bonds is 3. The maximum Gasteiger partial charge on any atom is 0.206 e. The van der Waals surface area contributed by atoms with Gasteiger partial charge in [-0.2, -0.15) is 0 Å². The zero-order valence-electron chi connectivity index (χ0n) is 23.8. The summed E-state index contributed by atoms with van der Waals surface area (Å²) in [6.45, 7) is 2.29. The van der Waals surface area contributed by atoms with E-state index in [1.165, 1.54) is 27.1 Å². The molecule has 2 atom stereocenters. The van der Waals surface area contributed by atoms with E-state index in [0.717, 1.165) is 51.1 Å². The van der Waals surface area contributed by atoms with Crippen LogP contribution in [0.5, 0.6) is 0 Å². The Labute approximate surface area is 249 Å². The molecule has 7 aromatic rings. The Morgan fingerprint density at radius 1 is 0.744 bits per heavy atom. The molecule has 9 rings (SSSR count). The Morgan fingerprint density at radius 3 is 2.37 bits per heavy atom. The summed E-state index contributed by atoms with van der Waals surface area (Å²) in [6.07, 6.45) is 9.29. The molecule has 1 N–H and O–H groups in total. The monoisotopic (exact) mass is 555 g/mol. The smallest absolute Gasteiger partial charge is 0.206 e. The first-order valence-corrected chi connectivity index (χ1v) is 14.9. The number of fused-ring (bicyclic) bond motifs is 7. The first-order chi connectivity index (χ1) is 21.2. The van der Waals surface area contributed by atoms with Crippen LogP contribution in [0.2, 0.25) is 0 Å². The maximum atomic E-state index is 6.69. The molecule has 1 aliphatic carbocycles. The van der Waals surface area contributed by atoms with Crippen molar-refractivity contribution in [1.29, 1.82) is 0 Å². The third-order valence-electron chi connectivity index (χ3n) is 9.16. The number of aliphatic imine (C=N–C) groups is 1. The summed E-state index contributed by atoms with van der Waals surface area (Å²) in [5.74, 6) is 0.770. The van der Waals surface area contributed by atoms with Crippen LogP contribution in [0.25, 0.3) is 54.7 Å². The Kier molecular flexibility index (Phi) is 5.12. The Hall–Kier alpha value is -5.35. The maximum absolute atomic E-state index is 6.69. The van der Waals surface area contributed by atoms with Gasteiger partial charge in [0.2, 0.25) is 12.2 Å². The number of furan rings is 1. The van der Waals surface area contributed by atoms with Crippen molar-refractivity contribution in [2.45, 2.75) is 19.6 Å². The van der Waals surface area contributed by atoms with Gasteiger partial charge in [-0.15, -0.1) is 0 Å². The average molecular weight is 556 g/mol. The van der Waals surface area contributed by atoms with Crippen molar-refractivity contribution in [2.24, 2.45) is 10.4 Å². The topological polar surface area (TPSA) is 42.5 Å². The molecule has 0 radical (unpaired) electrons. The van der Waals surface area contributed by atoms with Gasteiger partial charge in [0.25, 0.3) is 0 Å². The van der Waals surface area contributed by atoms with Gasteiger partial charge < -0.3 is 14.3 Å². The molecule has 206 valence electrons. The second kappa shape index (κ2) is 9.07. The zero-order valence-corrected chi connectivity index (χ0v) is 23.8. The minimum atomic E-state index is -0.378. The number of hydrogen-bond acceptors (Lipinski definition) is 3. The van der Waals surface area contributed by atoms with Gasteiger partial charge >= 0.3 is 0 Å². The van der Waals surface area contributed by atoms with E-state index in [9.17, 15) is 0 Å². The molecule has 1 aliphatic heterocycles. The number of benzene rings is 5. The number of nitrogens with one attached hydrogen (secondary N) is 1. The fraction of sp³-hybridized carbons (Fsp3) is 0.103. The van der Waals surface area contributed by atoms with E-state index in [1.54, 1.807) is 0 Å². The van der Waals surface area contributed by atoms with Crippen molar-refractivity contribution < 1.29 is 4.42 Å². The molecule has 0 spiro atoms. The van der Waals surface area contributed by atoms with Crippen molar-refractivity contribution in [3.8, 4) is 11.1 Å². The number of aromatic nitrogens is 1. The molecular formula is C39H29N3O. The molecule has 43 heavy (non-hydrogen) atoms. The van der Waals surface area contributed by atoms with Gasteiger partial charge in [-0.1, -0.05) is 110 Å². The lowest BCUT2D eigenvalue weighted by atomic mass is 9.76. The Bertz CT molecular complexity index is 2320. The lowest BCUT2D eigenvalue weighted by molar-refractivity contribution is 0.535. The van der Waals surface area contributed by atoms with E-state index in [-0.39, 0.29) is 11.7 Å². The van der Waals surface area contributed by atoms with Crippen LogP contribution in [0.15, 0.2) is 143 Å². The lowest BCUT2D eigenvalue weighted by Crippen LogP contribution is -2.33. The first kappa shape index (κ1) is 24.3. The van der Waals surface area contributed by atoms with Crippen molar-refractivity contribution in [2.75, 3.05) is 5.32 Å². The SMILES string of the molecule is CC1(C2=NC(n3c4ccccc4c4cc5ccccc5cc43)Nc3oc4cc(-c5ccccc5)ccc4c32)C=CC=CC1. The lowest BCUT2D eigenvalue weighted by Gasteiger charge is -2.34. The highest BCUT2D eigenvalue weighted by Gasteiger charge is 2.38. The fourth-order valence-electron chi connectivity index (χ4n) is 6.99. The van der Waals surface area contributed by atoms with Gasteiger partial charge in [-0.05, 0) is 58.7 Å². The molecule has 2 unspecified atom stereocenters. The molecule has 5 aromatic carbocycles. The highest BCUT2D eigenvalue weighted by Crippen LogP contribution is 2.45. The molecule has 0 saturated heterocycles. The quantitative estimate of drug-likeness (QED) is 0.236. The van der Waals surface area contributed by atoms with Crippen molar-refractivity contribution in [3.05, 3.63) is 139 Å². The van der Waals surface area contributed by atoms with Crippen molar-refractivity contribution in [3.63, 3.8) is 0 Å². The van der Waals surface area contributed by atoms with Gasteiger partial charge in [-0.25, -0.2) is 4.99 Å². The number of anilines is 1. The molecule has 0 bridgehead atoms. The molecular weight excluding hydrogens is 526 g/mol. The van der Waals surface area contributed by atoms with Crippen LogP contribution in [0, 0.1) is 5.41 Å². The predicted octanol–water partition coefficient (Wildman–Crippen LogP) is 10.3. The van der Waals surface area contributed by atoms with Crippen LogP contribution in [-0.4, -0.2) is 10.3 Å². The van der Waals surface area contributed by atoms with E-state index in [2.05, 4.69) is 144 Å².